The van der Waals surface area contributed by atoms with Crippen molar-refractivity contribution in [1.29, 1.82) is 0 Å². The molecule has 0 aliphatic heterocycles. The molecular formula is C31H21Br2Cl2N3O5. The largest absolute Gasteiger partial charge is 0.496 e. The van der Waals surface area contributed by atoms with E-state index in [1.54, 1.807) is 38.5 Å². The van der Waals surface area contributed by atoms with Crippen molar-refractivity contribution in [2.24, 2.45) is 5.10 Å². The van der Waals surface area contributed by atoms with E-state index in [2.05, 4.69) is 47.4 Å². The predicted octanol–water partition coefficient (Wildman–Crippen LogP) is 8.67. The number of rotatable bonds is 8. The van der Waals surface area contributed by atoms with Crippen molar-refractivity contribution in [2.75, 3.05) is 14.2 Å². The summed E-state index contributed by atoms with van der Waals surface area (Å²) in [6.45, 7) is 0. The summed E-state index contributed by atoms with van der Waals surface area (Å²) in [5.74, 6) is 0.0662. The molecule has 4 aromatic carbocycles. The van der Waals surface area contributed by atoms with Crippen molar-refractivity contribution >= 4 is 84.1 Å². The first-order valence-corrected chi connectivity index (χ1v) is 14.9. The smallest absolute Gasteiger partial charge is 0.345 e. The SMILES string of the molecule is COc1ccc(OC)c2c(-c3ccccc3)c(C(=O)NN=Cc3cc(Br)cc(Br)c3OC(=O)c3ccc(Cl)cc3Cl)[nH]c12. The van der Waals surface area contributed by atoms with Crippen molar-refractivity contribution in [3.63, 3.8) is 0 Å². The highest BCUT2D eigenvalue weighted by Crippen LogP contribution is 2.42. The molecule has 5 rings (SSSR count). The van der Waals surface area contributed by atoms with E-state index >= 15 is 0 Å². The van der Waals surface area contributed by atoms with Crippen molar-refractivity contribution < 1.29 is 23.8 Å². The first-order valence-electron chi connectivity index (χ1n) is 12.5. The van der Waals surface area contributed by atoms with Gasteiger partial charge in [-0.25, -0.2) is 10.2 Å². The van der Waals surface area contributed by atoms with E-state index < -0.39 is 11.9 Å². The van der Waals surface area contributed by atoms with Gasteiger partial charge in [-0.2, -0.15) is 5.10 Å². The summed E-state index contributed by atoms with van der Waals surface area (Å²) < 4.78 is 18.0. The van der Waals surface area contributed by atoms with Gasteiger partial charge >= 0.3 is 5.97 Å². The molecule has 0 bridgehead atoms. The van der Waals surface area contributed by atoms with E-state index in [0.717, 1.165) is 5.56 Å². The molecule has 0 aliphatic carbocycles. The van der Waals surface area contributed by atoms with E-state index in [9.17, 15) is 9.59 Å². The van der Waals surface area contributed by atoms with Gasteiger partial charge in [0.05, 0.1) is 46.4 Å². The van der Waals surface area contributed by atoms with Gasteiger partial charge in [0.25, 0.3) is 5.91 Å². The van der Waals surface area contributed by atoms with Gasteiger partial charge < -0.3 is 19.2 Å². The predicted molar refractivity (Wildman–Crippen MR) is 175 cm³/mol. The molecular weight excluding hydrogens is 725 g/mol. The van der Waals surface area contributed by atoms with Crippen LogP contribution in [-0.4, -0.2) is 37.3 Å². The van der Waals surface area contributed by atoms with Crippen molar-refractivity contribution in [3.05, 3.63) is 109 Å². The summed E-state index contributed by atoms with van der Waals surface area (Å²) in [6.07, 6.45) is 1.37. The van der Waals surface area contributed by atoms with Gasteiger partial charge in [0.1, 0.15) is 17.2 Å². The lowest BCUT2D eigenvalue weighted by molar-refractivity contribution is 0.0733. The Morgan fingerprint density at radius 2 is 1.65 bits per heavy atom. The molecule has 0 atom stereocenters. The van der Waals surface area contributed by atoms with Gasteiger partial charge in [0.2, 0.25) is 0 Å². The lowest BCUT2D eigenvalue weighted by Gasteiger charge is -2.11. The van der Waals surface area contributed by atoms with Crippen LogP contribution >= 0.6 is 55.1 Å². The number of carbonyl (C=O) groups excluding carboxylic acids is 2. The second-order valence-corrected chi connectivity index (χ2v) is 11.6. The number of fused-ring (bicyclic) bond motifs is 1. The maximum absolute atomic E-state index is 13.6. The Morgan fingerprint density at radius 1 is 0.930 bits per heavy atom. The summed E-state index contributed by atoms with van der Waals surface area (Å²) in [6, 6.07) is 20.8. The van der Waals surface area contributed by atoms with Crippen LogP contribution in [-0.2, 0) is 0 Å². The van der Waals surface area contributed by atoms with Crippen molar-refractivity contribution in [3.8, 4) is 28.4 Å². The van der Waals surface area contributed by atoms with Crippen LogP contribution in [0.1, 0.15) is 26.4 Å². The Balaban J connectivity index is 1.49. The molecule has 0 unspecified atom stereocenters. The van der Waals surface area contributed by atoms with Gasteiger partial charge in [-0.3, -0.25) is 4.79 Å². The van der Waals surface area contributed by atoms with E-state index in [1.165, 1.54) is 24.4 Å². The summed E-state index contributed by atoms with van der Waals surface area (Å²) in [4.78, 5) is 29.7. The molecule has 0 spiro atoms. The van der Waals surface area contributed by atoms with E-state index in [1.807, 2.05) is 30.3 Å². The van der Waals surface area contributed by atoms with E-state index in [-0.39, 0.29) is 22.0 Å². The first-order chi connectivity index (χ1) is 20.7. The molecule has 1 amide bonds. The number of ether oxygens (including phenoxy) is 3. The molecule has 8 nitrogen and oxygen atoms in total. The van der Waals surface area contributed by atoms with Crippen LogP contribution in [0.3, 0.4) is 0 Å². The molecule has 0 saturated carbocycles. The van der Waals surface area contributed by atoms with Crippen LogP contribution in [0.4, 0.5) is 0 Å². The van der Waals surface area contributed by atoms with Crippen LogP contribution in [0.25, 0.3) is 22.0 Å². The number of benzene rings is 4. The quantitative estimate of drug-likeness (QED) is 0.0717. The Morgan fingerprint density at radius 3 is 2.35 bits per heavy atom. The summed E-state index contributed by atoms with van der Waals surface area (Å²) in [7, 11) is 3.12. The fourth-order valence-electron chi connectivity index (χ4n) is 4.46. The lowest BCUT2D eigenvalue weighted by atomic mass is 10.0. The number of halogens is 4. The van der Waals surface area contributed by atoms with Crippen LogP contribution in [0.2, 0.25) is 10.0 Å². The third-order valence-electron chi connectivity index (χ3n) is 6.36. The minimum atomic E-state index is -0.697. The monoisotopic (exact) mass is 743 g/mol. The number of aromatic amines is 1. The molecule has 0 saturated heterocycles. The average molecular weight is 746 g/mol. The Bertz CT molecular complexity index is 1890. The number of methoxy groups -OCH3 is 2. The summed E-state index contributed by atoms with van der Waals surface area (Å²) in [5.41, 5.74) is 5.36. The van der Waals surface area contributed by atoms with Crippen molar-refractivity contribution in [1.82, 2.24) is 10.4 Å². The number of nitrogens with one attached hydrogen (secondary N) is 2. The Hall–Kier alpha value is -3.83. The number of esters is 1. The second-order valence-electron chi connectivity index (χ2n) is 8.98. The zero-order chi connectivity index (χ0) is 30.7. The number of H-pyrrole nitrogens is 1. The number of amides is 1. The molecule has 2 N–H and O–H groups in total. The third-order valence-corrected chi connectivity index (χ3v) is 7.96. The Kier molecular flexibility index (Phi) is 9.41. The van der Waals surface area contributed by atoms with Crippen LogP contribution in [0.5, 0.6) is 17.2 Å². The topological polar surface area (TPSA) is 102 Å². The van der Waals surface area contributed by atoms with Gasteiger partial charge in [0, 0.05) is 20.6 Å². The summed E-state index contributed by atoms with van der Waals surface area (Å²) in [5, 5.41) is 5.40. The lowest BCUT2D eigenvalue weighted by Crippen LogP contribution is -2.19. The Labute approximate surface area is 273 Å². The molecule has 0 aliphatic rings. The summed E-state index contributed by atoms with van der Waals surface area (Å²) >= 11 is 19.0. The maximum atomic E-state index is 13.6. The zero-order valence-corrected chi connectivity index (χ0v) is 27.2. The molecule has 0 fully saturated rings. The van der Waals surface area contributed by atoms with E-state index in [4.69, 9.17) is 37.4 Å². The second kappa shape index (κ2) is 13.2. The highest BCUT2D eigenvalue weighted by molar-refractivity contribution is 9.11. The van der Waals surface area contributed by atoms with Crippen molar-refractivity contribution in [2.45, 2.75) is 0 Å². The first kappa shape index (κ1) is 30.6. The van der Waals surface area contributed by atoms with E-state index in [0.29, 0.717) is 47.5 Å². The molecule has 218 valence electrons. The van der Waals surface area contributed by atoms with Crippen LogP contribution in [0.15, 0.2) is 86.8 Å². The minimum absolute atomic E-state index is 0.134. The molecule has 0 radical (unpaired) electrons. The van der Waals surface area contributed by atoms with Crippen LogP contribution < -0.4 is 19.6 Å². The number of carbonyl (C=O) groups is 2. The molecule has 5 aromatic rings. The zero-order valence-electron chi connectivity index (χ0n) is 22.5. The molecule has 43 heavy (non-hydrogen) atoms. The number of hydrogen-bond donors (Lipinski definition) is 2. The number of hydrazone groups is 1. The fraction of sp³-hybridized carbons (Fsp3) is 0.0645. The molecule has 1 aromatic heterocycles. The van der Waals surface area contributed by atoms with Gasteiger partial charge in [0.15, 0.2) is 5.75 Å². The molecule has 1 heterocycles. The molecule has 12 heteroatoms. The highest BCUT2D eigenvalue weighted by atomic mass is 79.9. The highest BCUT2D eigenvalue weighted by Gasteiger charge is 2.24. The normalized spacial score (nSPS) is 11.1. The fourth-order valence-corrected chi connectivity index (χ4v) is 6.28. The van der Waals surface area contributed by atoms with Gasteiger partial charge in [-0.15, -0.1) is 0 Å². The average Bonchev–Trinajstić information content (AvgIpc) is 3.39. The minimum Gasteiger partial charge on any atom is -0.496 e. The van der Waals surface area contributed by atoms with Crippen LogP contribution in [0, 0.1) is 0 Å². The van der Waals surface area contributed by atoms with Gasteiger partial charge in [-0.1, -0.05) is 69.5 Å². The van der Waals surface area contributed by atoms with Gasteiger partial charge in [-0.05, 0) is 64.0 Å². The third kappa shape index (κ3) is 6.42. The number of aromatic nitrogens is 1. The maximum Gasteiger partial charge on any atom is 0.345 e. The number of hydrogen-bond acceptors (Lipinski definition) is 6. The standard InChI is InChI=1S/C31H21Br2Cl2N3O5/c1-41-23-10-11-24(42-2)27-26(23)25(16-6-4-3-5-7-16)28(37-27)30(39)38-36-15-17-12-18(32)13-21(33)29(17)43-31(40)20-9-8-19(34)14-22(20)35/h3-15,37H,1-2H3,(H,38,39). The number of nitrogens with zero attached hydrogens (tertiary/aromatic N) is 1.